The number of fused-ring (bicyclic) bond motifs is 1. The summed E-state index contributed by atoms with van der Waals surface area (Å²) in [6, 6.07) is 14.2. The van der Waals surface area contributed by atoms with Gasteiger partial charge in [-0.05, 0) is 31.3 Å². The molecule has 0 aliphatic carbocycles. The Morgan fingerprint density at radius 2 is 1.75 bits per heavy atom. The summed E-state index contributed by atoms with van der Waals surface area (Å²) in [5.41, 5.74) is 2.37. The zero-order chi connectivity index (χ0) is 11.0. The Balaban J connectivity index is 2.07. The second-order valence-corrected chi connectivity index (χ2v) is 3.77. The highest BCUT2D eigenvalue weighted by atomic mass is 15.3. The lowest BCUT2D eigenvalue weighted by Gasteiger charge is -2.16. The van der Waals surface area contributed by atoms with E-state index in [0.29, 0.717) is 0 Å². The van der Waals surface area contributed by atoms with Crippen LogP contribution in [0.3, 0.4) is 0 Å². The van der Waals surface area contributed by atoms with Gasteiger partial charge in [-0.1, -0.05) is 18.2 Å². The number of hydrogen-bond donors (Lipinski definition) is 0. The maximum atomic E-state index is 4.36. The van der Waals surface area contributed by atoms with Crippen LogP contribution in [0.15, 0.2) is 48.7 Å². The Kier molecular flexibility index (Phi) is 2.06. The SMILES string of the molecule is CN1[B]N(c2ccccn2)c2ccccc21. The van der Waals surface area contributed by atoms with Crippen LogP contribution in [0.2, 0.25) is 0 Å². The zero-order valence-electron chi connectivity index (χ0n) is 9.04. The van der Waals surface area contributed by atoms with E-state index in [9.17, 15) is 0 Å². The van der Waals surface area contributed by atoms with Crippen LogP contribution in [0.4, 0.5) is 17.2 Å². The standard InChI is InChI=1S/C12H11BN3/c1-15-10-6-2-3-7-11(10)16(13-15)12-8-4-5-9-14-12/h2-9H,1H3. The molecule has 0 atom stereocenters. The topological polar surface area (TPSA) is 19.4 Å². The Hall–Kier alpha value is -1.97. The van der Waals surface area contributed by atoms with Crippen molar-refractivity contribution in [3.63, 3.8) is 0 Å². The molecule has 0 spiro atoms. The molecule has 3 nitrogen and oxygen atoms in total. The van der Waals surface area contributed by atoms with Gasteiger partial charge in [0.2, 0.25) is 0 Å². The van der Waals surface area contributed by atoms with Gasteiger partial charge in [-0.15, -0.1) is 0 Å². The molecule has 1 aromatic carbocycles. The average Bonchev–Trinajstić information content (AvgIpc) is 2.69. The van der Waals surface area contributed by atoms with Crippen LogP contribution in [0, 0.1) is 0 Å². The van der Waals surface area contributed by atoms with Gasteiger partial charge in [0.05, 0.1) is 5.69 Å². The van der Waals surface area contributed by atoms with E-state index in [1.54, 1.807) is 0 Å². The first-order chi connectivity index (χ1) is 7.86. The number of hydrogen-bond acceptors (Lipinski definition) is 3. The van der Waals surface area contributed by atoms with Gasteiger partial charge in [-0.3, -0.25) is 0 Å². The molecular weight excluding hydrogens is 197 g/mol. The monoisotopic (exact) mass is 208 g/mol. The lowest BCUT2D eigenvalue weighted by atomic mass is 10.1. The summed E-state index contributed by atoms with van der Waals surface area (Å²) in [6.07, 6.45) is 1.81. The van der Waals surface area contributed by atoms with Crippen molar-refractivity contribution < 1.29 is 0 Å². The molecule has 0 N–H and O–H groups in total. The van der Waals surface area contributed by atoms with Gasteiger partial charge in [0.15, 0.2) is 0 Å². The largest absolute Gasteiger partial charge is 0.400 e. The number of anilines is 3. The summed E-state index contributed by atoms with van der Waals surface area (Å²) in [5.74, 6) is 0.944. The summed E-state index contributed by atoms with van der Waals surface area (Å²) in [7, 11) is 4.09. The average molecular weight is 208 g/mol. The van der Waals surface area contributed by atoms with E-state index in [-0.39, 0.29) is 0 Å². The van der Waals surface area contributed by atoms with Crippen LogP contribution in [-0.2, 0) is 0 Å². The Morgan fingerprint density at radius 1 is 1.00 bits per heavy atom. The highest BCUT2D eigenvalue weighted by molar-refractivity contribution is 6.52. The summed E-state index contributed by atoms with van der Waals surface area (Å²) in [6.45, 7) is 0. The van der Waals surface area contributed by atoms with E-state index < -0.39 is 0 Å². The molecule has 1 aliphatic heterocycles. The van der Waals surface area contributed by atoms with E-state index in [0.717, 1.165) is 5.82 Å². The Labute approximate surface area is 95.6 Å². The van der Waals surface area contributed by atoms with Crippen LogP contribution < -0.4 is 9.62 Å². The highest BCUT2D eigenvalue weighted by Crippen LogP contribution is 2.37. The number of benzene rings is 1. The molecule has 77 valence electrons. The van der Waals surface area contributed by atoms with Crippen molar-refractivity contribution in [3.8, 4) is 0 Å². The van der Waals surface area contributed by atoms with Gasteiger partial charge in [-0.2, -0.15) is 0 Å². The smallest absolute Gasteiger partial charge is 0.397 e. The minimum Gasteiger partial charge on any atom is -0.400 e. The predicted octanol–water partition coefficient (Wildman–Crippen LogP) is 2.20. The second-order valence-electron chi connectivity index (χ2n) is 3.77. The normalized spacial score (nSPS) is 13.6. The molecule has 0 amide bonds. The molecule has 0 bridgehead atoms. The molecule has 0 unspecified atom stereocenters. The first-order valence-electron chi connectivity index (χ1n) is 5.23. The molecule has 0 saturated heterocycles. The van der Waals surface area contributed by atoms with Crippen molar-refractivity contribution in [2.24, 2.45) is 0 Å². The minimum atomic E-state index is 0.944. The third-order valence-corrected chi connectivity index (χ3v) is 2.71. The van der Waals surface area contributed by atoms with Crippen LogP contribution >= 0.6 is 0 Å². The first-order valence-corrected chi connectivity index (χ1v) is 5.23. The van der Waals surface area contributed by atoms with Gasteiger partial charge >= 0.3 is 7.55 Å². The summed E-state index contributed by atoms with van der Waals surface area (Å²) in [4.78, 5) is 8.56. The third-order valence-electron chi connectivity index (χ3n) is 2.71. The van der Waals surface area contributed by atoms with Crippen LogP contribution in [0.1, 0.15) is 0 Å². The van der Waals surface area contributed by atoms with Gasteiger partial charge in [-0.25, -0.2) is 4.98 Å². The molecule has 2 aromatic rings. The summed E-state index contributed by atoms with van der Waals surface area (Å²) < 4.78 is 0. The maximum absolute atomic E-state index is 4.36. The fraction of sp³-hybridized carbons (Fsp3) is 0.0833. The van der Waals surface area contributed by atoms with Crippen molar-refractivity contribution in [3.05, 3.63) is 48.7 Å². The number of pyridine rings is 1. The quantitative estimate of drug-likeness (QED) is 0.669. The Morgan fingerprint density at radius 3 is 2.50 bits per heavy atom. The second kappa shape index (κ2) is 3.56. The molecule has 1 radical (unpaired) electrons. The molecule has 1 aromatic heterocycles. The van der Waals surface area contributed by atoms with Crippen molar-refractivity contribution in [1.29, 1.82) is 0 Å². The summed E-state index contributed by atoms with van der Waals surface area (Å²) in [5, 5.41) is 0. The minimum absolute atomic E-state index is 0.944. The predicted molar refractivity (Wildman–Crippen MR) is 67.0 cm³/mol. The van der Waals surface area contributed by atoms with Gasteiger partial charge < -0.3 is 9.62 Å². The zero-order valence-corrected chi connectivity index (χ0v) is 9.04. The number of aromatic nitrogens is 1. The van der Waals surface area contributed by atoms with E-state index >= 15 is 0 Å². The van der Waals surface area contributed by atoms with E-state index in [1.165, 1.54) is 11.4 Å². The van der Waals surface area contributed by atoms with E-state index in [4.69, 9.17) is 0 Å². The molecule has 2 heterocycles. The fourth-order valence-electron chi connectivity index (χ4n) is 1.94. The fourth-order valence-corrected chi connectivity index (χ4v) is 1.94. The number of nitrogens with zero attached hydrogens (tertiary/aromatic N) is 3. The summed E-state index contributed by atoms with van der Waals surface area (Å²) >= 11 is 0. The van der Waals surface area contributed by atoms with Crippen molar-refractivity contribution in [2.75, 3.05) is 16.7 Å². The van der Waals surface area contributed by atoms with Gasteiger partial charge in [0, 0.05) is 11.9 Å². The van der Waals surface area contributed by atoms with Crippen LogP contribution in [-0.4, -0.2) is 19.6 Å². The third kappa shape index (κ3) is 1.34. The van der Waals surface area contributed by atoms with E-state index in [2.05, 4.69) is 26.7 Å². The van der Waals surface area contributed by atoms with Crippen molar-refractivity contribution in [1.82, 2.24) is 4.98 Å². The molecule has 4 heteroatoms. The molecule has 0 fully saturated rings. The lowest BCUT2D eigenvalue weighted by molar-refractivity contribution is 1.25. The number of para-hydroxylation sites is 2. The maximum Gasteiger partial charge on any atom is 0.397 e. The molecule has 1 aliphatic rings. The Bertz CT molecular complexity index is 501. The van der Waals surface area contributed by atoms with Gasteiger partial charge in [0.25, 0.3) is 0 Å². The molecular formula is C12H11BN3. The number of rotatable bonds is 1. The highest BCUT2D eigenvalue weighted by Gasteiger charge is 2.26. The molecule has 0 saturated carbocycles. The van der Waals surface area contributed by atoms with Gasteiger partial charge in [0.1, 0.15) is 5.82 Å². The van der Waals surface area contributed by atoms with Crippen molar-refractivity contribution >= 4 is 24.7 Å². The van der Waals surface area contributed by atoms with E-state index in [1.807, 2.05) is 51.1 Å². The molecule has 3 rings (SSSR count). The lowest BCUT2D eigenvalue weighted by Crippen LogP contribution is -2.29. The molecule has 16 heavy (non-hydrogen) atoms. The van der Waals surface area contributed by atoms with Crippen molar-refractivity contribution in [2.45, 2.75) is 0 Å². The van der Waals surface area contributed by atoms with Crippen LogP contribution in [0.5, 0.6) is 0 Å². The van der Waals surface area contributed by atoms with Crippen LogP contribution in [0.25, 0.3) is 0 Å². The first kappa shape index (κ1) is 9.27.